The maximum atomic E-state index is 12.4. The maximum absolute atomic E-state index is 12.4. The van der Waals surface area contributed by atoms with Crippen LogP contribution in [0.3, 0.4) is 0 Å². The normalized spacial score (nSPS) is 16.4. The Labute approximate surface area is 113 Å². The minimum atomic E-state index is -4.70. The Morgan fingerprint density at radius 3 is 2.37 bits per heavy atom. The highest BCUT2D eigenvalue weighted by atomic mass is 32.2. The van der Waals surface area contributed by atoms with E-state index >= 15 is 0 Å². The Morgan fingerprint density at radius 2 is 1.89 bits per heavy atom. The van der Waals surface area contributed by atoms with Crippen molar-refractivity contribution in [2.45, 2.75) is 56.4 Å². The van der Waals surface area contributed by atoms with Crippen LogP contribution in [-0.4, -0.2) is 32.3 Å². The smallest absolute Gasteiger partial charge is 0.383 e. The number of hydrogen-bond donors (Lipinski definition) is 1. The zero-order valence-electron chi connectivity index (χ0n) is 11.2. The molecule has 1 aromatic rings. The molecule has 1 aromatic heterocycles. The molecule has 1 N–H and O–H groups in total. The Morgan fingerprint density at radius 1 is 1.32 bits per heavy atom. The fraction of sp³-hybridized carbons (Fsp3) is 0.818. The second-order valence-electron chi connectivity index (χ2n) is 5.23. The van der Waals surface area contributed by atoms with Gasteiger partial charge >= 0.3 is 6.18 Å². The molecule has 2 unspecified atom stereocenters. The lowest BCUT2D eigenvalue weighted by Crippen LogP contribution is -2.33. The minimum Gasteiger partial charge on any atom is -0.383 e. The van der Waals surface area contributed by atoms with Gasteiger partial charge in [-0.15, -0.1) is 11.8 Å². The van der Waals surface area contributed by atoms with Crippen molar-refractivity contribution >= 4 is 11.8 Å². The molecule has 0 fully saturated rings. The van der Waals surface area contributed by atoms with Crippen molar-refractivity contribution in [3.05, 3.63) is 11.7 Å². The molecule has 0 aromatic carbocycles. The predicted molar refractivity (Wildman–Crippen MR) is 65.8 cm³/mol. The summed E-state index contributed by atoms with van der Waals surface area (Å²) in [5.41, 5.74) is 0. The summed E-state index contributed by atoms with van der Waals surface area (Å²) >= 11 is 1.56. The average molecular weight is 298 g/mol. The van der Waals surface area contributed by atoms with Crippen molar-refractivity contribution in [3.8, 4) is 0 Å². The Hall–Kier alpha value is -0.760. The van der Waals surface area contributed by atoms with Gasteiger partial charge in [-0.2, -0.15) is 18.2 Å². The van der Waals surface area contributed by atoms with Crippen LogP contribution in [0.25, 0.3) is 0 Å². The lowest BCUT2D eigenvalue weighted by Gasteiger charge is -2.18. The molecule has 2 atom stereocenters. The van der Waals surface area contributed by atoms with Crippen LogP contribution in [-0.2, 0) is 5.75 Å². The molecular formula is C11H17F3N2O2S. The number of aliphatic hydroxyl groups excluding tert-OH is 1. The second-order valence-corrected chi connectivity index (χ2v) is 7.03. The van der Waals surface area contributed by atoms with Gasteiger partial charge in [0.15, 0.2) is 11.9 Å². The SMILES string of the molecule is CC(c1nc(CSC(C)(C)C)no1)C(O)C(F)(F)F. The molecule has 0 saturated carbocycles. The van der Waals surface area contributed by atoms with Crippen LogP contribution in [0, 0.1) is 0 Å². The molecule has 0 bridgehead atoms. The summed E-state index contributed by atoms with van der Waals surface area (Å²) in [7, 11) is 0. The lowest BCUT2D eigenvalue weighted by atomic mass is 10.1. The summed E-state index contributed by atoms with van der Waals surface area (Å²) in [5, 5.41) is 12.7. The fourth-order valence-corrected chi connectivity index (χ4v) is 1.89. The molecule has 0 amide bonds. The van der Waals surface area contributed by atoms with Crippen molar-refractivity contribution < 1.29 is 22.8 Å². The van der Waals surface area contributed by atoms with Crippen LogP contribution < -0.4 is 0 Å². The van der Waals surface area contributed by atoms with E-state index in [-0.39, 0.29) is 10.6 Å². The number of aliphatic hydroxyl groups is 1. The second kappa shape index (κ2) is 5.70. The van der Waals surface area contributed by atoms with Crippen molar-refractivity contribution in [1.82, 2.24) is 10.1 Å². The predicted octanol–water partition coefficient (Wildman–Crippen LogP) is 3.13. The van der Waals surface area contributed by atoms with Crippen molar-refractivity contribution in [3.63, 3.8) is 0 Å². The quantitative estimate of drug-likeness (QED) is 0.925. The fourth-order valence-electron chi connectivity index (χ4n) is 1.21. The zero-order chi connectivity index (χ0) is 14.8. The number of aromatic nitrogens is 2. The van der Waals surface area contributed by atoms with E-state index in [1.165, 1.54) is 6.92 Å². The monoisotopic (exact) mass is 298 g/mol. The van der Waals surface area contributed by atoms with Crippen LogP contribution >= 0.6 is 11.8 Å². The summed E-state index contributed by atoms with van der Waals surface area (Å²) < 4.78 is 41.8. The third-order valence-electron chi connectivity index (χ3n) is 2.32. The van der Waals surface area contributed by atoms with E-state index in [1.54, 1.807) is 11.8 Å². The van der Waals surface area contributed by atoms with Crippen molar-refractivity contribution in [2.75, 3.05) is 0 Å². The van der Waals surface area contributed by atoms with Crippen molar-refractivity contribution in [1.29, 1.82) is 0 Å². The van der Waals surface area contributed by atoms with E-state index in [4.69, 9.17) is 9.63 Å². The van der Waals surface area contributed by atoms with E-state index in [0.717, 1.165) is 0 Å². The van der Waals surface area contributed by atoms with Gasteiger partial charge in [0.1, 0.15) is 0 Å². The van der Waals surface area contributed by atoms with Crippen LogP contribution in [0.1, 0.15) is 45.3 Å². The Kier molecular flexibility index (Phi) is 4.89. The molecule has 110 valence electrons. The molecule has 0 spiro atoms. The van der Waals surface area contributed by atoms with E-state index in [9.17, 15) is 13.2 Å². The molecule has 0 aliphatic heterocycles. The van der Waals surface area contributed by atoms with Gasteiger partial charge in [0.05, 0.1) is 11.7 Å². The largest absolute Gasteiger partial charge is 0.415 e. The number of hydrogen-bond acceptors (Lipinski definition) is 5. The van der Waals surface area contributed by atoms with Gasteiger partial charge in [-0.05, 0) is 0 Å². The first kappa shape index (κ1) is 16.3. The first-order valence-corrected chi connectivity index (χ1v) is 6.70. The molecule has 8 heteroatoms. The molecule has 1 heterocycles. The lowest BCUT2D eigenvalue weighted by molar-refractivity contribution is -0.210. The van der Waals surface area contributed by atoms with Crippen molar-refractivity contribution in [2.24, 2.45) is 0 Å². The van der Waals surface area contributed by atoms with Crippen LogP contribution in [0.15, 0.2) is 4.52 Å². The Balaban J connectivity index is 2.69. The highest BCUT2D eigenvalue weighted by molar-refractivity contribution is 7.99. The highest BCUT2D eigenvalue weighted by Gasteiger charge is 2.44. The molecule has 0 aliphatic carbocycles. The standard InChI is InChI=1S/C11H17F3N2O2S/c1-6(8(17)11(12,13)14)9-15-7(16-18-9)5-19-10(2,3)4/h6,8,17H,5H2,1-4H3. The minimum absolute atomic E-state index is 0.00209. The summed E-state index contributed by atoms with van der Waals surface area (Å²) in [6, 6.07) is 0. The van der Waals surface area contributed by atoms with E-state index in [2.05, 4.69) is 10.1 Å². The van der Waals surface area contributed by atoms with E-state index in [1.807, 2.05) is 20.8 Å². The summed E-state index contributed by atoms with van der Waals surface area (Å²) in [5.74, 6) is -0.701. The Bertz CT molecular complexity index is 415. The van der Waals surface area contributed by atoms with Crippen LogP contribution in [0.2, 0.25) is 0 Å². The van der Waals surface area contributed by atoms with Gasteiger partial charge < -0.3 is 9.63 Å². The number of nitrogens with zero attached hydrogens (tertiary/aromatic N) is 2. The van der Waals surface area contributed by atoms with E-state index < -0.39 is 18.2 Å². The summed E-state index contributed by atoms with van der Waals surface area (Å²) in [6.45, 7) is 7.23. The third-order valence-corrected chi connectivity index (χ3v) is 3.59. The number of rotatable bonds is 4. The number of alkyl halides is 3. The van der Waals surface area contributed by atoms with Gasteiger partial charge in [-0.3, -0.25) is 0 Å². The molecule has 0 aliphatic rings. The van der Waals surface area contributed by atoms with Gasteiger partial charge in [-0.25, -0.2) is 0 Å². The summed E-state index contributed by atoms with van der Waals surface area (Å²) in [4.78, 5) is 3.89. The van der Waals surface area contributed by atoms with E-state index in [0.29, 0.717) is 11.6 Å². The van der Waals surface area contributed by atoms with Crippen LogP contribution in [0.5, 0.6) is 0 Å². The topological polar surface area (TPSA) is 59.2 Å². The highest BCUT2D eigenvalue weighted by Crippen LogP contribution is 2.31. The molecule has 19 heavy (non-hydrogen) atoms. The first-order chi connectivity index (χ1) is 8.50. The zero-order valence-corrected chi connectivity index (χ0v) is 12.0. The molecule has 4 nitrogen and oxygen atoms in total. The third kappa shape index (κ3) is 5.02. The van der Waals surface area contributed by atoms with Crippen LogP contribution in [0.4, 0.5) is 13.2 Å². The number of thioether (sulfide) groups is 1. The summed E-state index contributed by atoms with van der Waals surface area (Å²) in [6.07, 6.45) is -7.20. The molecule has 0 radical (unpaired) electrons. The first-order valence-electron chi connectivity index (χ1n) is 5.72. The van der Waals surface area contributed by atoms with Gasteiger partial charge in [0.25, 0.3) is 0 Å². The van der Waals surface area contributed by atoms with Gasteiger partial charge in [-0.1, -0.05) is 32.9 Å². The molecule has 0 saturated heterocycles. The molecular weight excluding hydrogens is 281 g/mol. The molecule has 1 rings (SSSR count). The van der Waals surface area contributed by atoms with Gasteiger partial charge in [0.2, 0.25) is 5.89 Å². The van der Waals surface area contributed by atoms with Gasteiger partial charge in [0, 0.05) is 4.75 Å². The number of halogens is 3. The maximum Gasteiger partial charge on any atom is 0.415 e. The average Bonchev–Trinajstić information content (AvgIpc) is 2.70.